The SMILES string of the molecule is CC1CCC(N(C)C(=O)CN2CCCCC2C(=O)O)CC1. The Morgan fingerprint density at radius 3 is 2.43 bits per heavy atom. The average molecular weight is 296 g/mol. The number of carboxylic acids is 1. The van der Waals surface area contributed by atoms with Crippen molar-refractivity contribution in [2.75, 3.05) is 20.1 Å². The van der Waals surface area contributed by atoms with Gasteiger partial charge in [-0.15, -0.1) is 0 Å². The number of amides is 1. The Morgan fingerprint density at radius 2 is 1.81 bits per heavy atom. The quantitative estimate of drug-likeness (QED) is 0.861. The molecule has 2 aliphatic rings. The summed E-state index contributed by atoms with van der Waals surface area (Å²) in [5.41, 5.74) is 0. The van der Waals surface area contributed by atoms with Crippen molar-refractivity contribution in [3.63, 3.8) is 0 Å². The third-order valence-electron chi connectivity index (χ3n) is 5.16. The maximum Gasteiger partial charge on any atom is 0.320 e. The van der Waals surface area contributed by atoms with Gasteiger partial charge in [0, 0.05) is 13.1 Å². The van der Waals surface area contributed by atoms with E-state index in [1.54, 1.807) is 0 Å². The summed E-state index contributed by atoms with van der Waals surface area (Å²) in [6.07, 6.45) is 7.11. The molecule has 1 aliphatic carbocycles. The lowest BCUT2D eigenvalue weighted by Crippen LogP contribution is -2.51. The number of carbonyl (C=O) groups is 2. The Bertz CT molecular complexity index is 378. The van der Waals surface area contributed by atoms with Crippen molar-refractivity contribution >= 4 is 11.9 Å². The summed E-state index contributed by atoms with van der Waals surface area (Å²) in [6, 6.07) is -0.149. The Labute approximate surface area is 127 Å². The van der Waals surface area contributed by atoms with Crippen LogP contribution in [0, 0.1) is 5.92 Å². The molecule has 1 saturated heterocycles. The molecule has 1 unspecified atom stereocenters. The average Bonchev–Trinajstić information content (AvgIpc) is 2.47. The van der Waals surface area contributed by atoms with Crippen molar-refractivity contribution in [2.45, 2.75) is 64.0 Å². The number of piperidine rings is 1. The van der Waals surface area contributed by atoms with E-state index in [-0.39, 0.29) is 12.5 Å². The molecule has 0 bridgehead atoms. The maximum absolute atomic E-state index is 12.5. The molecule has 0 aromatic carbocycles. The van der Waals surface area contributed by atoms with Crippen LogP contribution in [0.1, 0.15) is 51.9 Å². The number of carbonyl (C=O) groups excluding carboxylic acids is 1. The lowest BCUT2D eigenvalue weighted by molar-refractivity contribution is -0.146. The second kappa shape index (κ2) is 7.25. The van der Waals surface area contributed by atoms with Gasteiger partial charge in [-0.1, -0.05) is 13.3 Å². The second-order valence-electron chi connectivity index (χ2n) is 6.74. The van der Waals surface area contributed by atoms with Crippen LogP contribution >= 0.6 is 0 Å². The molecule has 1 aliphatic heterocycles. The van der Waals surface area contributed by atoms with E-state index in [0.29, 0.717) is 12.5 Å². The summed E-state index contributed by atoms with van der Waals surface area (Å²) < 4.78 is 0. The number of aliphatic carboxylic acids is 1. The van der Waals surface area contributed by atoms with Crippen LogP contribution in [0.25, 0.3) is 0 Å². The second-order valence-corrected chi connectivity index (χ2v) is 6.74. The Morgan fingerprint density at radius 1 is 1.14 bits per heavy atom. The minimum atomic E-state index is -0.795. The fraction of sp³-hybridized carbons (Fsp3) is 0.875. The van der Waals surface area contributed by atoms with Crippen LogP contribution in [0.2, 0.25) is 0 Å². The zero-order valence-corrected chi connectivity index (χ0v) is 13.3. The van der Waals surface area contributed by atoms with Gasteiger partial charge in [0.2, 0.25) is 5.91 Å². The zero-order chi connectivity index (χ0) is 15.4. The number of hydrogen-bond donors (Lipinski definition) is 1. The highest BCUT2D eigenvalue weighted by atomic mass is 16.4. The standard InChI is InChI=1S/C16H28N2O3/c1-12-6-8-13(9-7-12)17(2)15(19)11-18-10-4-3-5-14(18)16(20)21/h12-14H,3-11H2,1-2H3,(H,20,21). The predicted octanol–water partition coefficient (Wildman–Crippen LogP) is 1.96. The van der Waals surface area contributed by atoms with Crippen LogP contribution in [0.5, 0.6) is 0 Å². The molecular formula is C16H28N2O3. The molecule has 2 fully saturated rings. The lowest BCUT2D eigenvalue weighted by atomic mass is 9.87. The summed E-state index contributed by atoms with van der Waals surface area (Å²) >= 11 is 0. The van der Waals surface area contributed by atoms with Crippen molar-refractivity contribution in [1.29, 1.82) is 0 Å². The van der Waals surface area contributed by atoms with Gasteiger partial charge in [-0.05, 0) is 51.0 Å². The molecule has 1 amide bonds. The van der Waals surface area contributed by atoms with Gasteiger partial charge in [-0.3, -0.25) is 14.5 Å². The number of nitrogens with zero attached hydrogens (tertiary/aromatic N) is 2. The maximum atomic E-state index is 12.5. The Balaban J connectivity index is 1.88. The smallest absolute Gasteiger partial charge is 0.320 e. The molecular weight excluding hydrogens is 268 g/mol. The molecule has 120 valence electrons. The van der Waals surface area contributed by atoms with Gasteiger partial charge in [0.05, 0.1) is 6.54 Å². The molecule has 0 radical (unpaired) electrons. The van der Waals surface area contributed by atoms with Crippen LogP contribution in [0.3, 0.4) is 0 Å². The third-order valence-corrected chi connectivity index (χ3v) is 5.16. The van der Waals surface area contributed by atoms with E-state index < -0.39 is 12.0 Å². The van der Waals surface area contributed by atoms with Crippen LogP contribution < -0.4 is 0 Å². The first-order valence-electron chi connectivity index (χ1n) is 8.21. The predicted molar refractivity (Wildman–Crippen MR) is 81.0 cm³/mol. The van der Waals surface area contributed by atoms with Crippen LogP contribution in [0.4, 0.5) is 0 Å². The molecule has 1 atom stereocenters. The summed E-state index contributed by atoms with van der Waals surface area (Å²) in [6.45, 7) is 3.24. The van der Waals surface area contributed by atoms with E-state index >= 15 is 0 Å². The summed E-state index contributed by atoms with van der Waals surface area (Å²) in [5.74, 6) is 0.0441. The minimum Gasteiger partial charge on any atom is -0.480 e. The molecule has 2 rings (SSSR count). The molecule has 5 nitrogen and oxygen atoms in total. The van der Waals surface area contributed by atoms with Gasteiger partial charge in [-0.2, -0.15) is 0 Å². The van der Waals surface area contributed by atoms with Gasteiger partial charge in [0.15, 0.2) is 0 Å². The van der Waals surface area contributed by atoms with Crippen LogP contribution in [-0.2, 0) is 9.59 Å². The Kier molecular flexibility index (Phi) is 5.62. The lowest BCUT2D eigenvalue weighted by Gasteiger charge is -2.37. The highest BCUT2D eigenvalue weighted by Crippen LogP contribution is 2.27. The van der Waals surface area contributed by atoms with E-state index in [0.717, 1.165) is 38.1 Å². The highest BCUT2D eigenvalue weighted by molar-refractivity contribution is 5.80. The summed E-state index contributed by atoms with van der Waals surface area (Å²) in [5, 5.41) is 9.27. The number of likely N-dealkylation sites (tertiary alicyclic amines) is 1. The van der Waals surface area contributed by atoms with E-state index in [4.69, 9.17) is 0 Å². The van der Waals surface area contributed by atoms with Crippen LogP contribution in [-0.4, -0.2) is 59.0 Å². The zero-order valence-electron chi connectivity index (χ0n) is 13.3. The van der Waals surface area contributed by atoms with Gasteiger partial charge in [0.1, 0.15) is 6.04 Å². The molecule has 1 N–H and O–H groups in total. The molecule has 1 heterocycles. The molecule has 1 saturated carbocycles. The van der Waals surface area contributed by atoms with Crippen molar-refractivity contribution in [1.82, 2.24) is 9.80 Å². The third kappa shape index (κ3) is 4.19. The summed E-state index contributed by atoms with van der Waals surface area (Å²) in [7, 11) is 1.88. The fourth-order valence-electron chi connectivity index (χ4n) is 3.58. The first kappa shape index (κ1) is 16.3. The van der Waals surface area contributed by atoms with E-state index in [1.165, 1.54) is 12.8 Å². The van der Waals surface area contributed by atoms with E-state index in [1.807, 2.05) is 16.8 Å². The molecule has 0 aromatic rings. The van der Waals surface area contributed by atoms with Gasteiger partial charge < -0.3 is 10.0 Å². The van der Waals surface area contributed by atoms with Crippen LogP contribution in [0.15, 0.2) is 0 Å². The summed E-state index contributed by atoms with van der Waals surface area (Å²) in [4.78, 5) is 27.4. The monoisotopic (exact) mass is 296 g/mol. The van der Waals surface area contributed by atoms with Crippen molar-refractivity contribution < 1.29 is 14.7 Å². The topological polar surface area (TPSA) is 60.9 Å². The minimum absolute atomic E-state index is 0.0719. The molecule has 0 spiro atoms. The largest absolute Gasteiger partial charge is 0.480 e. The first-order chi connectivity index (χ1) is 9.99. The van der Waals surface area contributed by atoms with E-state index in [9.17, 15) is 14.7 Å². The number of carboxylic acid groups (broad SMARTS) is 1. The van der Waals surface area contributed by atoms with Crippen molar-refractivity contribution in [2.24, 2.45) is 5.92 Å². The number of hydrogen-bond acceptors (Lipinski definition) is 3. The first-order valence-corrected chi connectivity index (χ1v) is 8.21. The van der Waals surface area contributed by atoms with E-state index in [2.05, 4.69) is 6.92 Å². The number of likely N-dealkylation sites (N-methyl/N-ethyl adjacent to an activating group) is 1. The van der Waals surface area contributed by atoms with Crippen molar-refractivity contribution in [3.05, 3.63) is 0 Å². The molecule has 5 heteroatoms. The van der Waals surface area contributed by atoms with Gasteiger partial charge in [-0.25, -0.2) is 0 Å². The van der Waals surface area contributed by atoms with Crippen molar-refractivity contribution in [3.8, 4) is 0 Å². The number of rotatable bonds is 4. The van der Waals surface area contributed by atoms with Gasteiger partial charge in [0.25, 0.3) is 0 Å². The molecule has 21 heavy (non-hydrogen) atoms. The normalized spacial score (nSPS) is 30.9. The Hall–Kier alpha value is -1.10. The van der Waals surface area contributed by atoms with Gasteiger partial charge >= 0.3 is 5.97 Å². The molecule has 0 aromatic heterocycles. The fourth-order valence-corrected chi connectivity index (χ4v) is 3.58. The highest BCUT2D eigenvalue weighted by Gasteiger charge is 2.32.